The minimum absolute atomic E-state index is 0.137. The van der Waals surface area contributed by atoms with E-state index in [1.807, 2.05) is 0 Å². The maximum absolute atomic E-state index is 8.90. The molecule has 0 fully saturated rings. The number of aromatic nitrogens is 2. The van der Waals surface area contributed by atoms with Crippen molar-refractivity contribution in [3.8, 4) is 0 Å². The fourth-order valence-electron chi connectivity index (χ4n) is 1.90. The van der Waals surface area contributed by atoms with Gasteiger partial charge in [-0.3, -0.25) is 0 Å². The van der Waals surface area contributed by atoms with Crippen LogP contribution in [0, 0.1) is 0 Å². The van der Waals surface area contributed by atoms with E-state index in [9.17, 15) is 0 Å². The molecule has 0 aromatic carbocycles. The van der Waals surface area contributed by atoms with Crippen molar-refractivity contribution in [1.29, 1.82) is 0 Å². The number of hydrogen-bond acceptors (Lipinski definition) is 3. The highest BCUT2D eigenvalue weighted by Gasteiger charge is 2.21. The van der Waals surface area contributed by atoms with Crippen LogP contribution in [0.25, 0.3) is 0 Å². The molecule has 0 aliphatic carbocycles. The molecule has 0 saturated heterocycles. The Morgan fingerprint density at radius 1 is 1.64 bits per heavy atom. The number of fused-ring (bicyclic) bond motifs is 1. The number of halogens is 1. The van der Waals surface area contributed by atoms with Crippen LogP contribution >= 0.6 is 15.9 Å². The second-order valence-electron chi connectivity index (χ2n) is 3.65. The molecule has 5 heteroatoms. The molecule has 0 radical (unpaired) electrons. The average molecular weight is 260 g/mol. The summed E-state index contributed by atoms with van der Waals surface area (Å²) in [6, 6.07) is 0.223. The van der Waals surface area contributed by atoms with Crippen molar-refractivity contribution in [3.05, 3.63) is 16.1 Å². The summed E-state index contributed by atoms with van der Waals surface area (Å²) in [6.07, 6.45) is 2.59. The molecule has 2 rings (SSSR count). The molecule has 4 nitrogen and oxygen atoms in total. The SMILES string of the molecule is NC1CCc2c(Br)nc(CCO)n2C1. The van der Waals surface area contributed by atoms with Gasteiger partial charge in [0, 0.05) is 19.0 Å². The van der Waals surface area contributed by atoms with Gasteiger partial charge in [0.15, 0.2) is 0 Å². The van der Waals surface area contributed by atoms with E-state index < -0.39 is 0 Å². The Morgan fingerprint density at radius 2 is 2.43 bits per heavy atom. The van der Waals surface area contributed by atoms with Gasteiger partial charge in [0.05, 0.1) is 12.3 Å². The highest BCUT2D eigenvalue weighted by molar-refractivity contribution is 9.10. The molecule has 1 aliphatic rings. The van der Waals surface area contributed by atoms with Crippen molar-refractivity contribution in [3.63, 3.8) is 0 Å². The summed E-state index contributed by atoms with van der Waals surface area (Å²) in [4.78, 5) is 4.38. The molecule has 1 aromatic heterocycles. The summed E-state index contributed by atoms with van der Waals surface area (Å²) >= 11 is 3.44. The van der Waals surface area contributed by atoms with Crippen molar-refractivity contribution >= 4 is 15.9 Å². The van der Waals surface area contributed by atoms with Gasteiger partial charge in [0.2, 0.25) is 0 Å². The highest BCUT2D eigenvalue weighted by Crippen LogP contribution is 2.24. The quantitative estimate of drug-likeness (QED) is 0.811. The van der Waals surface area contributed by atoms with Crippen LogP contribution in [0.2, 0.25) is 0 Å². The number of hydrogen-bond donors (Lipinski definition) is 2. The monoisotopic (exact) mass is 259 g/mol. The molecule has 14 heavy (non-hydrogen) atoms. The zero-order valence-electron chi connectivity index (χ0n) is 7.91. The number of aliphatic hydroxyl groups excluding tert-OH is 1. The lowest BCUT2D eigenvalue weighted by Gasteiger charge is -2.22. The Bertz CT molecular complexity index is 337. The maximum Gasteiger partial charge on any atom is 0.127 e. The number of imidazole rings is 1. The van der Waals surface area contributed by atoms with Gasteiger partial charge in [0.1, 0.15) is 10.4 Å². The van der Waals surface area contributed by atoms with Crippen LogP contribution < -0.4 is 5.73 Å². The highest BCUT2D eigenvalue weighted by atomic mass is 79.9. The molecule has 78 valence electrons. The number of rotatable bonds is 2. The van der Waals surface area contributed by atoms with Crippen LogP contribution in [-0.2, 0) is 19.4 Å². The summed E-state index contributed by atoms with van der Waals surface area (Å²) < 4.78 is 3.04. The number of nitrogens with two attached hydrogens (primary N) is 1. The van der Waals surface area contributed by atoms with Gasteiger partial charge in [-0.15, -0.1) is 0 Å². The van der Waals surface area contributed by atoms with E-state index >= 15 is 0 Å². The molecular formula is C9H14BrN3O. The normalized spacial score (nSPS) is 20.9. The van der Waals surface area contributed by atoms with Gasteiger partial charge in [-0.05, 0) is 28.8 Å². The van der Waals surface area contributed by atoms with Gasteiger partial charge in [0.25, 0.3) is 0 Å². The van der Waals surface area contributed by atoms with E-state index in [4.69, 9.17) is 10.8 Å². The number of aliphatic hydroxyl groups is 1. The van der Waals surface area contributed by atoms with E-state index in [-0.39, 0.29) is 12.6 Å². The summed E-state index contributed by atoms with van der Waals surface area (Å²) in [5.74, 6) is 0.935. The first-order chi connectivity index (χ1) is 6.72. The van der Waals surface area contributed by atoms with Crippen LogP contribution in [-0.4, -0.2) is 27.3 Å². The summed E-state index contributed by atoms with van der Waals surface area (Å²) in [5, 5.41) is 8.90. The summed E-state index contributed by atoms with van der Waals surface area (Å²) in [7, 11) is 0. The molecule has 0 bridgehead atoms. The van der Waals surface area contributed by atoms with Gasteiger partial charge in [-0.1, -0.05) is 0 Å². The van der Waals surface area contributed by atoms with E-state index in [2.05, 4.69) is 25.5 Å². The Hall–Kier alpha value is -0.390. The molecule has 1 aliphatic heterocycles. The molecule has 1 atom stereocenters. The van der Waals surface area contributed by atoms with E-state index in [0.29, 0.717) is 6.42 Å². The second kappa shape index (κ2) is 4.00. The summed E-state index contributed by atoms with van der Waals surface area (Å²) in [5.41, 5.74) is 7.12. The standard InChI is InChI=1S/C9H14BrN3O/c10-9-7-2-1-6(11)5-13(7)8(12-9)3-4-14/h6,14H,1-5,11H2. The summed E-state index contributed by atoms with van der Waals surface area (Å²) in [6.45, 7) is 0.960. The first-order valence-corrected chi connectivity index (χ1v) is 5.62. The van der Waals surface area contributed by atoms with E-state index in [1.165, 1.54) is 5.69 Å². The zero-order chi connectivity index (χ0) is 10.1. The lowest BCUT2D eigenvalue weighted by atomic mass is 10.1. The van der Waals surface area contributed by atoms with E-state index in [0.717, 1.165) is 29.8 Å². The van der Waals surface area contributed by atoms with E-state index in [1.54, 1.807) is 0 Å². The second-order valence-corrected chi connectivity index (χ2v) is 4.40. The third-order valence-corrected chi connectivity index (χ3v) is 3.24. The maximum atomic E-state index is 8.90. The van der Waals surface area contributed by atoms with Crippen LogP contribution in [0.3, 0.4) is 0 Å². The molecule has 1 aromatic rings. The Balaban J connectivity index is 2.34. The van der Waals surface area contributed by atoms with Crippen LogP contribution in [0.15, 0.2) is 4.60 Å². The molecule has 0 spiro atoms. The third kappa shape index (κ3) is 1.71. The third-order valence-electron chi connectivity index (χ3n) is 2.61. The molecule has 0 saturated carbocycles. The zero-order valence-corrected chi connectivity index (χ0v) is 9.50. The minimum atomic E-state index is 0.137. The van der Waals surface area contributed by atoms with Crippen LogP contribution in [0.4, 0.5) is 0 Å². The van der Waals surface area contributed by atoms with Gasteiger partial charge in [-0.2, -0.15) is 0 Å². The Kier molecular flexibility index (Phi) is 2.90. The van der Waals surface area contributed by atoms with Crippen molar-refractivity contribution in [2.45, 2.75) is 31.8 Å². The lowest BCUT2D eigenvalue weighted by Crippen LogP contribution is -2.32. The van der Waals surface area contributed by atoms with Gasteiger partial charge >= 0.3 is 0 Å². The predicted octanol–water partition coefficient (Wildman–Crippen LogP) is 0.454. The van der Waals surface area contributed by atoms with Crippen molar-refractivity contribution in [1.82, 2.24) is 9.55 Å². The number of nitrogens with zero attached hydrogens (tertiary/aromatic N) is 2. The van der Waals surface area contributed by atoms with Crippen molar-refractivity contribution < 1.29 is 5.11 Å². The van der Waals surface area contributed by atoms with Gasteiger partial charge < -0.3 is 15.4 Å². The molecular weight excluding hydrogens is 246 g/mol. The molecule has 3 N–H and O–H groups in total. The predicted molar refractivity (Wildman–Crippen MR) is 57.0 cm³/mol. The fourth-order valence-corrected chi connectivity index (χ4v) is 2.51. The Morgan fingerprint density at radius 3 is 3.14 bits per heavy atom. The average Bonchev–Trinajstić information content (AvgIpc) is 2.44. The van der Waals surface area contributed by atoms with Crippen molar-refractivity contribution in [2.75, 3.05) is 6.61 Å². The molecule has 2 heterocycles. The van der Waals surface area contributed by atoms with Crippen LogP contribution in [0.5, 0.6) is 0 Å². The first kappa shape index (κ1) is 10.1. The smallest absolute Gasteiger partial charge is 0.127 e. The largest absolute Gasteiger partial charge is 0.396 e. The first-order valence-electron chi connectivity index (χ1n) is 4.82. The van der Waals surface area contributed by atoms with Crippen molar-refractivity contribution in [2.24, 2.45) is 5.73 Å². The molecule has 1 unspecified atom stereocenters. The van der Waals surface area contributed by atoms with Crippen LogP contribution in [0.1, 0.15) is 17.9 Å². The lowest BCUT2D eigenvalue weighted by molar-refractivity contribution is 0.292. The topological polar surface area (TPSA) is 64.1 Å². The fraction of sp³-hybridized carbons (Fsp3) is 0.667. The Labute approximate surface area is 91.3 Å². The minimum Gasteiger partial charge on any atom is -0.396 e. The van der Waals surface area contributed by atoms with Gasteiger partial charge in [-0.25, -0.2) is 4.98 Å². The molecule has 0 amide bonds.